The summed E-state index contributed by atoms with van der Waals surface area (Å²) >= 11 is 2.42. The molecule has 0 rings (SSSR count). The summed E-state index contributed by atoms with van der Waals surface area (Å²) in [7, 11) is 0. The van der Waals surface area contributed by atoms with Gasteiger partial charge in [-0.2, -0.15) is 0 Å². The van der Waals surface area contributed by atoms with Crippen LogP contribution in [0.2, 0.25) is 5.79 Å². The van der Waals surface area contributed by atoms with Gasteiger partial charge < -0.3 is 11.0 Å². The minimum Gasteiger partial charge on any atom is -0.870 e. The molecule has 0 aromatic carbocycles. The fraction of sp³-hybridized carbons (Fsp3) is 1.00. The van der Waals surface area contributed by atoms with Crippen LogP contribution in [0.15, 0.2) is 0 Å². The summed E-state index contributed by atoms with van der Waals surface area (Å²) < 4.78 is 0. The zero-order chi connectivity index (χ0) is 2.00. The maximum atomic E-state index is 2.42. The summed E-state index contributed by atoms with van der Waals surface area (Å²) in [6, 6.07) is 0. The minimum absolute atomic E-state index is 0. The smallest absolute Gasteiger partial charge is 0.870 e. The monoisotopic (exact) mass is 76.0 g/mol. The maximum Gasteiger partial charge on any atom is -0.870 e. The summed E-state index contributed by atoms with van der Waals surface area (Å²) in [6.07, 6.45) is 0. The SMILES string of the molecule is [CH3][Al+2].[OH-].[OH-]. The van der Waals surface area contributed by atoms with Crippen LogP contribution in [0.3, 0.4) is 0 Å². The fourth-order valence-corrected chi connectivity index (χ4v) is 0. The van der Waals surface area contributed by atoms with E-state index in [1.807, 2.05) is 5.79 Å². The number of hydrogen-bond donors (Lipinski definition) is 0. The Hall–Kier alpha value is 0.452. The molecule has 3 heteroatoms. The number of hydrogen-bond acceptors (Lipinski definition) is 2. The summed E-state index contributed by atoms with van der Waals surface area (Å²) in [5.41, 5.74) is 0. The molecule has 2 nitrogen and oxygen atoms in total. The Bertz CT molecular complexity index is 6.00. The van der Waals surface area contributed by atoms with Gasteiger partial charge in [0.15, 0.2) is 0 Å². The molecule has 0 radical (unpaired) electrons. The zero-order valence-electron chi connectivity index (χ0n) is 2.47. The molecular formula is CH5AlO2. The molecule has 0 aliphatic rings. The molecule has 0 aliphatic heterocycles. The first-order chi connectivity index (χ1) is 1.00. The second-order valence-electron chi connectivity index (χ2n) is 0. The van der Waals surface area contributed by atoms with Crippen molar-refractivity contribution in [3.05, 3.63) is 0 Å². The zero-order valence-corrected chi connectivity index (χ0v) is 3.63. The molecule has 0 aliphatic carbocycles. The third-order valence-corrected chi connectivity index (χ3v) is 0. The van der Waals surface area contributed by atoms with Crippen molar-refractivity contribution in [2.24, 2.45) is 0 Å². The largest absolute Gasteiger partial charge is 0.870 e. The van der Waals surface area contributed by atoms with E-state index in [1.54, 1.807) is 0 Å². The van der Waals surface area contributed by atoms with Crippen LogP contribution in [0.4, 0.5) is 0 Å². The Morgan fingerprint density at radius 1 is 1.00 bits per heavy atom. The first-order valence-electron chi connectivity index (χ1n) is 0.577. The Morgan fingerprint density at radius 3 is 1.00 bits per heavy atom. The van der Waals surface area contributed by atoms with Crippen molar-refractivity contribution >= 4 is 16.3 Å². The van der Waals surface area contributed by atoms with E-state index in [4.69, 9.17) is 0 Å². The van der Waals surface area contributed by atoms with Crippen molar-refractivity contribution in [3.63, 3.8) is 0 Å². The Labute approximate surface area is 33.9 Å². The molecular weight excluding hydrogens is 71.0 g/mol. The second-order valence-corrected chi connectivity index (χ2v) is 0. The van der Waals surface area contributed by atoms with Crippen molar-refractivity contribution in [1.82, 2.24) is 0 Å². The van der Waals surface area contributed by atoms with Gasteiger partial charge in [-0.3, -0.25) is 0 Å². The van der Waals surface area contributed by atoms with Crippen LogP contribution in [0.1, 0.15) is 0 Å². The van der Waals surface area contributed by atoms with Crippen LogP contribution in [-0.2, 0) is 0 Å². The summed E-state index contributed by atoms with van der Waals surface area (Å²) in [6.45, 7) is 0. The standard InChI is InChI=1S/CH3.Al.2H2O/h1H3;;2*1H2/q;+2;;/p-2. The van der Waals surface area contributed by atoms with Gasteiger partial charge in [0.1, 0.15) is 0 Å². The average molecular weight is 76.0 g/mol. The van der Waals surface area contributed by atoms with E-state index in [0.29, 0.717) is 0 Å². The average Bonchev–Trinajstić information content (AvgIpc) is 1.00. The topological polar surface area (TPSA) is 60.0 Å². The molecule has 4 heavy (non-hydrogen) atoms. The molecule has 24 valence electrons. The molecule has 0 unspecified atom stereocenters. The Morgan fingerprint density at radius 2 is 1.00 bits per heavy atom. The van der Waals surface area contributed by atoms with E-state index in [0.717, 1.165) is 0 Å². The summed E-state index contributed by atoms with van der Waals surface area (Å²) in [4.78, 5) is 0. The molecule has 0 aromatic heterocycles. The van der Waals surface area contributed by atoms with Crippen LogP contribution in [0.25, 0.3) is 0 Å². The molecule has 0 amide bonds. The first kappa shape index (κ1) is 25.2. The summed E-state index contributed by atoms with van der Waals surface area (Å²) in [5, 5.41) is 0. The van der Waals surface area contributed by atoms with Gasteiger partial charge in [0.2, 0.25) is 0 Å². The third-order valence-electron chi connectivity index (χ3n) is 0. The summed E-state index contributed by atoms with van der Waals surface area (Å²) in [5.74, 6) is 1.92. The van der Waals surface area contributed by atoms with Crippen molar-refractivity contribution < 1.29 is 11.0 Å². The first-order valence-corrected chi connectivity index (χ1v) is 1.73. The van der Waals surface area contributed by atoms with Gasteiger partial charge in [-0.05, 0) is 0 Å². The normalized spacial score (nSPS) is 1.75. The Kier molecular flexibility index (Phi) is 638. The van der Waals surface area contributed by atoms with Crippen LogP contribution in [0.5, 0.6) is 0 Å². The van der Waals surface area contributed by atoms with Crippen molar-refractivity contribution in [2.45, 2.75) is 5.79 Å². The van der Waals surface area contributed by atoms with E-state index in [9.17, 15) is 0 Å². The van der Waals surface area contributed by atoms with Gasteiger partial charge >= 0.3 is 22.1 Å². The van der Waals surface area contributed by atoms with Crippen molar-refractivity contribution in [3.8, 4) is 0 Å². The molecule has 0 spiro atoms. The molecule has 0 saturated carbocycles. The molecule has 0 saturated heterocycles. The Balaban J connectivity index is -0.00000000500. The molecule has 0 heterocycles. The van der Waals surface area contributed by atoms with E-state index >= 15 is 0 Å². The predicted molar refractivity (Wildman–Crippen MR) is 15.5 cm³/mol. The van der Waals surface area contributed by atoms with Gasteiger partial charge in [-0.25, -0.2) is 0 Å². The van der Waals surface area contributed by atoms with Crippen molar-refractivity contribution in [2.75, 3.05) is 0 Å². The van der Waals surface area contributed by atoms with Gasteiger partial charge in [0.25, 0.3) is 0 Å². The minimum atomic E-state index is 0. The van der Waals surface area contributed by atoms with E-state index in [2.05, 4.69) is 16.3 Å². The van der Waals surface area contributed by atoms with Crippen LogP contribution < -0.4 is 0 Å². The van der Waals surface area contributed by atoms with Crippen LogP contribution >= 0.6 is 0 Å². The van der Waals surface area contributed by atoms with Gasteiger partial charge in [-0.15, -0.1) is 0 Å². The third kappa shape index (κ3) is 25.3. The fourth-order valence-electron chi connectivity index (χ4n) is 0. The quantitative estimate of drug-likeness (QED) is 0.376. The van der Waals surface area contributed by atoms with E-state index in [-0.39, 0.29) is 11.0 Å². The van der Waals surface area contributed by atoms with Crippen LogP contribution in [0, 0.1) is 0 Å². The second kappa shape index (κ2) is 101. The molecule has 0 aromatic rings. The van der Waals surface area contributed by atoms with Gasteiger partial charge in [0.05, 0.1) is 0 Å². The molecule has 0 bridgehead atoms. The van der Waals surface area contributed by atoms with E-state index in [1.165, 1.54) is 0 Å². The van der Waals surface area contributed by atoms with Crippen LogP contribution in [-0.4, -0.2) is 27.2 Å². The van der Waals surface area contributed by atoms with Gasteiger partial charge in [0, 0.05) is 0 Å². The molecule has 0 atom stereocenters. The molecule has 2 N–H and O–H groups in total. The van der Waals surface area contributed by atoms with E-state index < -0.39 is 0 Å². The molecule has 0 fully saturated rings. The predicted octanol–water partition coefficient (Wildman–Crippen LogP) is -0.151. The maximum absolute atomic E-state index is 2.42. The number of rotatable bonds is 0. The van der Waals surface area contributed by atoms with Gasteiger partial charge in [-0.1, -0.05) is 0 Å². The van der Waals surface area contributed by atoms with Crippen molar-refractivity contribution in [1.29, 1.82) is 0 Å².